The fourth-order valence-corrected chi connectivity index (χ4v) is 5.41. The van der Waals surface area contributed by atoms with Crippen LogP contribution in [-0.4, -0.2) is 22.2 Å². The zero-order valence-corrected chi connectivity index (χ0v) is 8.04. The maximum Gasteiger partial charge on any atom is 0.307 e. The summed E-state index contributed by atoms with van der Waals surface area (Å²) in [6.07, 6.45) is 1.11. The molecule has 2 N–H and O–H groups in total. The van der Waals surface area contributed by atoms with E-state index in [9.17, 15) is 9.59 Å². The van der Waals surface area contributed by atoms with Crippen molar-refractivity contribution in [3.05, 3.63) is 0 Å². The van der Waals surface area contributed by atoms with Gasteiger partial charge in [-0.2, -0.15) is 0 Å². The van der Waals surface area contributed by atoms with E-state index in [1.165, 1.54) is 0 Å². The summed E-state index contributed by atoms with van der Waals surface area (Å²) in [7, 11) is 0. The lowest BCUT2D eigenvalue weighted by molar-refractivity contribution is -0.156. The maximum atomic E-state index is 11.2. The number of carboxylic acid groups (broad SMARTS) is 2. The van der Waals surface area contributed by atoms with Gasteiger partial charge in [0.25, 0.3) is 0 Å². The third kappa shape index (κ3) is 0.647. The van der Waals surface area contributed by atoms with E-state index in [2.05, 4.69) is 0 Å². The van der Waals surface area contributed by atoms with Gasteiger partial charge in [-0.15, -0.1) is 0 Å². The zero-order chi connectivity index (χ0) is 10.5. The molecule has 0 spiro atoms. The summed E-state index contributed by atoms with van der Waals surface area (Å²) in [5.41, 5.74) is 0. The van der Waals surface area contributed by atoms with Crippen LogP contribution in [0, 0.1) is 47.3 Å². The summed E-state index contributed by atoms with van der Waals surface area (Å²) in [5.74, 6) is -0.279. The molecule has 4 nitrogen and oxygen atoms in total. The van der Waals surface area contributed by atoms with Crippen LogP contribution in [0.4, 0.5) is 0 Å². The van der Waals surface area contributed by atoms with Crippen molar-refractivity contribution in [2.75, 3.05) is 0 Å². The van der Waals surface area contributed by atoms with Gasteiger partial charge in [0.2, 0.25) is 0 Å². The molecular formula is C11H12O4. The van der Waals surface area contributed by atoms with Crippen molar-refractivity contribution >= 4 is 11.9 Å². The first-order valence-corrected chi connectivity index (χ1v) is 5.58. The molecule has 15 heavy (non-hydrogen) atoms. The quantitative estimate of drug-likeness (QED) is 0.694. The zero-order valence-electron chi connectivity index (χ0n) is 8.04. The predicted octanol–water partition coefficient (Wildman–Crippen LogP) is 0.530. The third-order valence-corrected chi connectivity index (χ3v) is 5.50. The number of carbonyl (C=O) groups is 2. The summed E-state index contributed by atoms with van der Waals surface area (Å²) in [6.45, 7) is 0. The van der Waals surface area contributed by atoms with Gasteiger partial charge >= 0.3 is 11.9 Å². The maximum absolute atomic E-state index is 11.2. The summed E-state index contributed by atoms with van der Waals surface area (Å²) in [6, 6.07) is 0. The number of hydrogen-bond donors (Lipinski definition) is 2. The standard InChI is InChI=1S/C11H12O4/c12-10(13)8-6-3-1-2-4(6)5(2)7(3)9(8)11(14)15/h2-9H,1H2,(H,12,13)(H,14,15)/t2?,3?,4-,5+,6-,7-,8-,9-/m0/s1. The first kappa shape index (κ1) is 8.13. The fraction of sp³-hybridized carbons (Fsp3) is 0.818. The van der Waals surface area contributed by atoms with Gasteiger partial charge in [0.1, 0.15) is 0 Å². The van der Waals surface area contributed by atoms with Gasteiger partial charge in [0, 0.05) is 0 Å². The molecule has 4 heteroatoms. The molecule has 2 unspecified atom stereocenters. The SMILES string of the molecule is O=C(O)[C@@H]1[C@@H](C(=O)O)[C@H]2C3CC4[C@H]([C@H]42)[C@H]31. The van der Waals surface area contributed by atoms with Crippen molar-refractivity contribution in [3.8, 4) is 0 Å². The van der Waals surface area contributed by atoms with E-state index in [1.807, 2.05) is 0 Å². The van der Waals surface area contributed by atoms with Gasteiger partial charge in [-0.25, -0.2) is 0 Å². The molecule has 5 aliphatic rings. The van der Waals surface area contributed by atoms with E-state index in [4.69, 9.17) is 10.2 Å². The molecule has 0 aromatic heterocycles. The van der Waals surface area contributed by atoms with Gasteiger partial charge < -0.3 is 10.2 Å². The van der Waals surface area contributed by atoms with E-state index < -0.39 is 23.8 Å². The lowest BCUT2D eigenvalue weighted by Gasteiger charge is -2.23. The van der Waals surface area contributed by atoms with Crippen LogP contribution >= 0.6 is 0 Å². The highest BCUT2D eigenvalue weighted by molar-refractivity contribution is 5.82. The van der Waals surface area contributed by atoms with Crippen LogP contribution in [0.3, 0.4) is 0 Å². The number of hydrogen-bond acceptors (Lipinski definition) is 2. The largest absolute Gasteiger partial charge is 0.481 e. The molecule has 8 atom stereocenters. The Morgan fingerprint density at radius 1 is 0.800 bits per heavy atom. The van der Waals surface area contributed by atoms with E-state index in [-0.39, 0.29) is 11.8 Å². The molecular weight excluding hydrogens is 196 g/mol. The minimum Gasteiger partial charge on any atom is -0.481 e. The molecule has 6 bridgehead atoms. The van der Waals surface area contributed by atoms with Crippen LogP contribution in [-0.2, 0) is 9.59 Å². The van der Waals surface area contributed by atoms with Gasteiger partial charge in [0.15, 0.2) is 0 Å². The molecule has 0 saturated heterocycles. The van der Waals surface area contributed by atoms with Crippen molar-refractivity contribution in [2.45, 2.75) is 6.42 Å². The second-order valence-corrected chi connectivity index (χ2v) is 5.60. The second-order valence-electron chi connectivity index (χ2n) is 5.60. The Kier molecular flexibility index (Phi) is 1.12. The van der Waals surface area contributed by atoms with Crippen molar-refractivity contribution in [1.29, 1.82) is 0 Å². The number of carboxylic acids is 2. The Balaban J connectivity index is 1.81. The van der Waals surface area contributed by atoms with Crippen molar-refractivity contribution in [2.24, 2.45) is 47.3 Å². The summed E-state index contributed by atoms with van der Waals surface area (Å²) in [5, 5.41) is 18.3. The van der Waals surface area contributed by atoms with Crippen LogP contribution in [0.2, 0.25) is 0 Å². The molecule has 5 saturated carbocycles. The Morgan fingerprint density at radius 3 is 1.53 bits per heavy atom. The molecule has 0 aliphatic heterocycles. The highest BCUT2D eigenvalue weighted by Gasteiger charge is 2.82. The Labute approximate surface area is 86.3 Å². The molecule has 0 aromatic rings. The summed E-state index contributed by atoms with van der Waals surface area (Å²) >= 11 is 0. The molecule has 0 aromatic carbocycles. The second kappa shape index (κ2) is 2.06. The van der Waals surface area contributed by atoms with E-state index in [0.717, 1.165) is 6.42 Å². The fourth-order valence-electron chi connectivity index (χ4n) is 5.41. The number of aliphatic carboxylic acids is 2. The monoisotopic (exact) mass is 208 g/mol. The molecule has 5 rings (SSSR count). The Hall–Kier alpha value is -1.06. The highest BCUT2D eigenvalue weighted by atomic mass is 16.4. The molecule has 0 heterocycles. The van der Waals surface area contributed by atoms with Gasteiger partial charge in [-0.05, 0) is 41.9 Å². The molecule has 5 fully saturated rings. The first-order chi connectivity index (χ1) is 7.13. The predicted molar refractivity (Wildman–Crippen MR) is 47.8 cm³/mol. The molecule has 0 amide bonds. The van der Waals surface area contributed by atoms with Crippen molar-refractivity contribution in [1.82, 2.24) is 0 Å². The lowest BCUT2D eigenvalue weighted by Crippen LogP contribution is -2.35. The Bertz CT molecular complexity index is 356. The Morgan fingerprint density at radius 2 is 1.20 bits per heavy atom. The topological polar surface area (TPSA) is 74.6 Å². The van der Waals surface area contributed by atoms with E-state index in [0.29, 0.717) is 23.7 Å². The smallest absolute Gasteiger partial charge is 0.307 e. The van der Waals surface area contributed by atoms with Crippen LogP contribution < -0.4 is 0 Å². The van der Waals surface area contributed by atoms with Gasteiger partial charge in [0.05, 0.1) is 11.8 Å². The van der Waals surface area contributed by atoms with Crippen molar-refractivity contribution in [3.63, 3.8) is 0 Å². The third-order valence-electron chi connectivity index (χ3n) is 5.50. The van der Waals surface area contributed by atoms with Crippen molar-refractivity contribution < 1.29 is 19.8 Å². The average Bonchev–Trinajstić information content (AvgIpc) is 2.55. The van der Waals surface area contributed by atoms with Crippen LogP contribution in [0.1, 0.15) is 6.42 Å². The van der Waals surface area contributed by atoms with Crippen LogP contribution in [0.25, 0.3) is 0 Å². The summed E-state index contributed by atoms with van der Waals surface area (Å²) < 4.78 is 0. The minimum atomic E-state index is -0.883. The first-order valence-electron chi connectivity index (χ1n) is 5.58. The highest BCUT2D eigenvalue weighted by Crippen LogP contribution is 2.83. The minimum absolute atomic E-state index is 0.198. The van der Waals surface area contributed by atoms with Gasteiger partial charge in [-0.1, -0.05) is 0 Å². The molecule has 0 radical (unpaired) electrons. The van der Waals surface area contributed by atoms with Crippen LogP contribution in [0.15, 0.2) is 0 Å². The van der Waals surface area contributed by atoms with Crippen LogP contribution in [0.5, 0.6) is 0 Å². The average molecular weight is 208 g/mol. The molecule has 80 valence electrons. The normalized spacial score (nSPS) is 62.1. The lowest BCUT2D eigenvalue weighted by atomic mass is 9.79. The molecule has 5 aliphatic carbocycles. The van der Waals surface area contributed by atoms with E-state index >= 15 is 0 Å². The number of rotatable bonds is 2. The van der Waals surface area contributed by atoms with Gasteiger partial charge in [-0.3, -0.25) is 9.59 Å². The van der Waals surface area contributed by atoms with E-state index in [1.54, 1.807) is 0 Å². The summed E-state index contributed by atoms with van der Waals surface area (Å²) in [4.78, 5) is 22.3.